The molecule has 3 aliphatic rings. The van der Waals surface area contributed by atoms with Gasteiger partial charge in [0.25, 0.3) is 5.91 Å². The zero-order chi connectivity index (χ0) is 27.0. The van der Waals surface area contributed by atoms with Gasteiger partial charge in [-0.25, -0.2) is 15.0 Å². The number of nitrogens with zero attached hydrogens (tertiary/aromatic N) is 3. The molecule has 0 spiro atoms. The molecule has 3 N–H and O–H groups in total. The lowest BCUT2D eigenvalue weighted by molar-refractivity contribution is -0.125. The quantitative estimate of drug-likeness (QED) is 0.543. The van der Waals surface area contributed by atoms with Crippen molar-refractivity contribution < 1.29 is 23.9 Å². The van der Waals surface area contributed by atoms with E-state index in [0.29, 0.717) is 10.9 Å². The first-order chi connectivity index (χ1) is 17.5. The number of aliphatic imine (C=N–C) groups is 2. The molecule has 3 unspecified atom stereocenters. The van der Waals surface area contributed by atoms with E-state index in [2.05, 4.69) is 30.9 Å². The summed E-state index contributed by atoms with van der Waals surface area (Å²) in [5.41, 5.74) is 0.245. The molecule has 12 heteroatoms. The molecule has 8 atom stereocenters. The highest BCUT2D eigenvalue weighted by atomic mass is 32.1. The number of aromatic nitrogens is 1. The number of rotatable bonds is 3. The van der Waals surface area contributed by atoms with Gasteiger partial charge in [0.15, 0.2) is 12.1 Å². The number of fused-ring (bicyclic) bond motifs is 4. The Labute approximate surface area is 220 Å². The van der Waals surface area contributed by atoms with E-state index in [0.717, 1.165) is 6.42 Å². The summed E-state index contributed by atoms with van der Waals surface area (Å²) in [4.78, 5) is 53.2. The van der Waals surface area contributed by atoms with Crippen LogP contribution in [0.1, 0.15) is 76.4 Å². The van der Waals surface area contributed by atoms with E-state index >= 15 is 0 Å². The molecule has 3 amide bonds. The fourth-order valence-corrected chi connectivity index (χ4v) is 5.49. The normalized spacial score (nSPS) is 33.2. The van der Waals surface area contributed by atoms with Crippen LogP contribution in [0.15, 0.2) is 15.4 Å². The molecule has 4 rings (SSSR count). The van der Waals surface area contributed by atoms with E-state index in [1.54, 1.807) is 26.2 Å². The number of amides is 3. The number of carbonyl (C=O) groups excluding carboxylic acids is 3. The average molecular weight is 533 g/mol. The molecule has 1 aromatic rings. The van der Waals surface area contributed by atoms with Gasteiger partial charge in [0.05, 0.1) is 6.04 Å². The van der Waals surface area contributed by atoms with Crippen molar-refractivity contribution in [3.05, 3.63) is 16.1 Å². The van der Waals surface area contributed by atoms with Gasteiger partial charge < -0.3 is 25.4 Å². The van der Waals surface area contributed by atoms with Crippen LogP contribution < -0.4 is 16.0 Å². The summed E-state index contributed by atoms with van der Waals surface area (Å²) < 4.78 is 11.9. The van der Waals surface area contributed by atoms with E-state index in [1.807, 2.05) is 27.7 Å². The van der Waals surface area contributed by atoms with Crippen LogP contribution in [0, 0.1) is 11.8 Å². The molecule has 6 bridgehead atoms. The molecular weight excluding hydrogens is 496 g/mol. The van der Waals surface area contributed by atoms with Gasteiger partial charge in [-0.3, -0.25) is 14.4 Å². The zero-order valence-corrected chi connectivity index (χ0v) is 23.1. The van der Waals surface area contributed by atoms with Gasteiger partial charge in [0.2, 0.25) is 23.6 Å². The summed E-state index contributed by atoms with van der Waals surface area (Å²) in [5.74, 6) is -0.388. The molecule has 0 aromatic carbocycles. The van der Waals surface area contributed by atoms with Crippen LogP contribution in [0.3, 0.4) is 0 Å². The third-order valence-electron chi connectivity index (χ3n) is 7.05. The summed E-state index contributed by atoms with van der Waals surface area (Å²) >= 11 is 1.32. The minimum Gasteiger partial charge on any atom is -0.474 e. The second-order valence-corrected chi connectivity index (χ2v) is 11.2. The largest absolute Gasteiger partial charge is 0.474 e. The smallest absolute Gasteiger partial charge is 0.271 e. The molecule has 202 valence electrons. The van der Waals surface area contributed by atoms with Gasteiger partial charge in [-0.1, -0.05) is 34.1 Å². The maximum atomic E-state index is 13.4. The second kappa shape index (κ2) is 10.8. The summed E-state index contributed by atoms with van der Waals surface area (Å²) in [5, 5.41) is 11.3. The van der Waals surface area contributed by atoms with E-state index in [1.165, 1.54) is 11.3 Å². The molecule has 0 fully saturated rings. The Hall–Kier alpha value is -3.02. The molecular formula is C25H36N6O5S. The van der Waals surface area contributed by atoms with Crippen molar-refractivity contribution >= 4 is 40.9 Å². The van der Waals surface area contributed by atoms with Gasteiger partial charge in [-0.2, -0.15) is 0 Å². The lowest BCUT2D eigenvalue weighted by Gasteiger charge is -2.24. The van der Waals surface area contributed by atoms with Crippen molar-refractivity contribution in [2.24, 2.45) is 21.8 Å². The topological polar surface area (TPSA) is 143 Å². The molecule has 37 heavy (non-hydrogen) atoms. The first kappa shape index (κ1) is 27.0. The Morgan fingerprint density at radius 2 is 1.46 bits per heavy atom. The molecule has 0 radical (unpaired) electrons. The minimum absolute atomic E-state index is 0.0526. The Morgan fingerprint density at radius 1 is 0.892 bits per heavy atom. The lowest BCUT2D eigenvalue weighted by Crippen LogP contribution is -2.49. The summed E-state index contributed by atoms with van der Waals surface area (Å²) in [6.45, 7) is 13.3. The Bertz CT molecular complexity index is 1120. The van der Waals surface area contributed by atoms with Crippen LogP contribution in [0.25, 0.3) is 0 Å². The number of thiazole rings is 1. The van der Waals surface area contributed by atoms with Crippen molar-refractivity contribution in [1.82, 2.24) is 20.9 Å². The fourth-order valence-electron chi connectivity index (χ4n) is 4.51. The number of carbonyl (C=O) groups is 3. The molecule has 0 aliphatic carbocycles. The summed E-state index contributed by atoms with van der Waals surface area (Å²) in [7, 11) is 0. The van der Waals surface area contributed by atoms with E-state index in [-0.39, 0.29) is 41.1 Å². The maximum Gasteiger partial charge on any atom is 0.271 e. The summed E-state index contributed by atoms with van der Waals surface area (Å²) in [6, 6.07) is -3.07. The fraction of sp³-hybridized carbons (Fsp3) is 0.680. The molecule has 1 aromatic heterocycles. The molecule has 4 heterocycles. The molecule has 0 saturated carbocycles. The van der Waals surface area contributed by atoms with Gasteiger partial charge in [0.1, 0.15) is 35.0 Å². The third kappa shape index (κ3) is 5.48. The maximum absolute atomic E-state index is 13.4. The van der Waals surface area contributed by atoms with Crippen molar-refractivity contribution in [3.8, 4) is 0 Å². The molecule has 11 nitrogen and oxygen atoms in total. The summed E-state index contributed by atoms with van der Waals surface area (Å²) in [6.07, 6.45) is -0.230. The first-order valence-corrected chi connectivity index (χ1v) is 13.7. The number of hydrogen-bond donors (Lipinski definition) is 3. The third-order valence-corrected chi connectivity index (χ3v) is 7.98. The number of ether oxygens (including phenoxy) is 2. The van der Waals surface area contributed by atoms with Crippen LogP contribution in [0.4, 0.5) is 0 Å². The SMILES string of the molecule is CC[C@H](C)C1NC(=O)C2N=C(O[C@@H]2C)[C@H](C(C)C)NC(=O)C2N=C(O[C@@H]2C)[C@@H](C)NC(=O)c2csc1n2. The van der Waals surface area contributed by atoms with Crippen molar-refractivity contribution in [3.63, 3.8) is 0 Å². The highest BCUT2D eigenvalue weighted by molar-refractivity contribution is 7.09. The van der Waals surface area contributed by atoms with Crippen LogP contribution in [-0.2, 0) is 19.1 Å². The van der Waals surface area contributed by atoms with Gasteiger partial charge >= 0.3 is 0 Å². The molecule has 0 saturated heterocycles. The molecule has 3 aliphatic heterocycles. The Balaban J connectivity index is 1.74. The minimum atomic E-state index is -0.796. The standard InChI is InChI=1S/C25H36N6O5S/c1-8-11(4)17-25-27-15(9-37-25)20(32)26-12(5)23-30-18(13(6)35-23)21(33)28-16(10(2)3)24-31-19(14(7)36-24)22(34)29-17/h9-14,16-19H,8H2,1-7H3,(H,26,32)(H,28,33)(H,29,34)/t11-,12+,13+,14+,16-,17?,18?,19?/m0/s1. The predicted octanol–water partition coefficient (Wildman–Crippen LogP) is 1.99. The van der Waals surface area contributed by atoms with Crippen molar-refractivity contribution in [2.45, 2.75) is 97.3 Å². The lowest BCUT2D eigenvalue weighted by atomic mass is 9.99. The highest BCUT2D eigenvalue weighted by Crippen LogP contribution is 2.29. The zero-order valence-electron chi connectivity index (χ0n) is 22.3. The predicted molar refractivity (Wildman–Crippen MR) is 140 cm³/mol. The average Bonchev–Trinajstić information content (AvgIpc) is 3.58. The first-order valence-electron chi connectivity index (χ1n) is 12.9. The van der Waals surface area contributed by atoms with Crippen LogP contribution in [-0.4, -0.2) is 70.9 Å². The van der Waals surface area contributed by atoms with E-state index in [4.69, 9.17) is 9.47 Å². The van der Waals surface area contributed by atoms with Crippen LogP contribution in [0.5, 0.6) is 0 Å². The highest BCUT2D eigenvalue weighted by Gasteiger charge is 2.42. The van der Waals surface area contributed by atoms with Gasteiger partial charge in [-0.05, 0) is 32.6 Å². The van der Waals surface area contributed by atoms with E-state index < -0.39 is 42.4 Å². The van der Waals surface area contributed by atoms with Crippen molar-refractivity contribution in [1.29, 1.82) is 0 Å². The van der Waals surface area contributed by atoms with Crippen LogP contribution >= 0.6 is 11.3 Å². The monoisotopic (exact) mass is 532 g/mol. The van der Waals surface area contributed by atoms with Gasteiger partial charge in [-0.15, -0.1) is 11.3 Å². The van der Waals surface area contributed by atoms with Gasteiger partial charge in [0, 0.05) is 5.38 Å². The second-order valence-electron chi connectivity index (χ2n) is 10.3. The van der Waals surface area contributed by atoms with Crippen LogP contribution in [0.2, 0.25) is 0 Å². The van der Waals surface area contributed by atoms with Crippen molar-refractivity contribution in [2.75, 3.05) is 0 Å². The Kier molecular flexibility index (Phi) is 7.86. The number of nitrogens with one attached hydrogen (secondary N) is 3. The van der Waals surface area contributed by atoms with E-state index in [9.17, 15) is 14.4 Å². The Morgan fingerprint density at radius 3 is 2.05 bits per heavy atom. The number of hydrogen-bond acceptors (Lipinski definition) is 9.